The van der Waals surface area contributed by atoms with Crippen molar-refractivity contribution < 1.29 is 24.2 Å². The van der Waals surface area contributed by atoms with Gasteiger partial charge in [-0.1, -0.05) is 12.1 Å². The average molecular weight is 250 g/mol. The molecule has 0 bridgehead atoms. The number of hydrogen-bond donors (Lipinski definition) is 1. The molecule has 1 N–H and O–H groups in total. The van der Waals surface area contributed by atoms with E-state index >= 15 is 0 Å². The number of aliphatic hydroxyl groups excluding tert-OH is 1. The van der Waals surface area contributed by atoms with Gasteiger partial charge >= 0.3 is 5.97 Å². The molecule has 5 nitrogen and oxygen atoms in total. The molecular weight excluding hydrogens is 236 g/mol. The highest BCUT2D eigenvalue weighted by atomic mass is 16.5. The molecule has 0 spiro atoms. The normalized spacial score (nSPS) is 10.3. The van der Waals surface area contributed by atoms with E-state index in [1.165, 1.54) is 6.08 Å². The van der Waals surface area contributed by atoms with Crippen molar-refractivity contribution in [3.05, 3.63) is 35.9 Å². The second-order valence-electron chi connectivity index (χ2n) is 3.41. The minimum absolute atomic E-state index is 0.414. The Bertz CT molecular complexity index is 433. The molecule has 0 aliphatic rings. The molecule has 1 aromatic carbocycles. The van der Waals surface area contributed by atoms with Gasteiger partial charge in [-0.05, 0) is 23.8 Å². The summed E-state index contributed by atoms with van der Waals surface area (Å²) in [6.45, 7) is -1.04. The lowest BCUT2D eigenvalue weighted by molar-refractivity contribution is -0.143. The van der Waals surface area contributed by atoms with Crippen molar-refractivity contribution in [1.82, 2.24) is 0 Å². The van der Waals surface area contributed by atoms with E-state index in [2.05, 4.69) is 4.74 Å². The van der Waals surface area contributed by atoms with Gasteiger partial charge in [0, 0.05) is 6.08 Å². The number of methoxy groups -OCH3 is 1. The number of carbonyl (C=O) groups is 2. The molecule has 18 heavy (non-hydrogen) atoms. The minimum atomic E-state index is -0.632. The number of aliphatic hydroxyl groups is 1. The molecular formula is C13H14O5. The summed E-state index contributed by atoms with van der Waals surface area (Å²) in [5.74, 6) is -0.447. The first kappa shape index (κ1) is 13.9. The molecule has 96 valence electrons. The third-order valence-corrected chi connectivity index (χ3v) is 2.08. The van der Waals surface area contributed by atoms with Crippen LogP contribution < -0.4 is 4.74 Å². The number of ketones is 1. The van der Waals surface area contributed by atoms with Gasteiger partial charge in [-0.3, -0.25) is 4.79 Å². The lowest BCUT2D eigenvalue weighted by Gasteiger charge is -2.00. The van der Waals surface area contributed by atoms with Gasteiger partial charge in [-0.25, -0.2) is 4.79 Å². The Morgan fingerprint density at radius 2 is 1.94 bits per heavy atom. The van der Waals surface area contributed by atoms with E-state index in [1.807, 2.05) is 0 Å². The summed E-state index contributed by atoms with van der Waals surface area (Å²) in [6, 6.07) is 7.09. The molecule has 5 heteroatoms. The highest BCUT2D eigenvalue weighted by molar-refractivity contribution is 5.89. The molecule has 1 aromatic rings. The maximum Gasteiger partial charge on any atom is 0.331 e. The Hall–Kier alpha value is -2.14. The van der Waals surface area contributed by atoms with Crippen LogP contribution in [0.2, 0.25) is 0 Å². The molecule has 0 radical (unpaired) electrons. The highest BCUT2D eigenvalue weighted by Gasteiger charge is 2.02. The zero-order valence-electron chi connectivity index (χ0n) is 9.96. The molecule has 0 aliphatic heterocycles. The van der Waals surface area contributed by atoms with Crippen molar-refractivity contribution in [2.24, 2.45) is 0 Å². The van der Waals surface area contributed by atoms with Gasteiger partial charge in [0.1, 0.15) is 12.4 Å². The third kappa shape index (κ3) is 4.80. The fourth-order valence-electron chi connectivity index (χ4n) is 1.12. The van der Waals surface area contributed by atoms with Crippen LogP contribution in [0, 0.1) is 0 Å². The average Bonchev–Trinajstić information content (AvgIpc) is 2.42. The van der Waals surface area contributed by atoms with Crippen LogP contribution in [0.25, 0.3) is 6.08 Å². The topological polar surface area (TPSA) is 72.8 Å². The first-order valence-electron chi connectivity index (χ1n) is 5.27. The number of carbonyl (C=O) groups excluding carboxylic acids is 2. The predicted octanol–water partition coefficient (Wildman–Crippen LogP) is 0.813. The van der Waals surface area contributed by atoms with Crippen molar-refractivity contribution in [1.29, 1.82) is 0 Å². The van der Waals surface area contributed by atoms with Crippen LogP contribution in [0.3, 0.4) is 0 Å². The maximum atomic E-state index is 11.2. The molecule has 0 unspecified atom stereocenters. The van der Waals surface area contributed by atoms with E-state index in [0.29, 0.717) is 0 Å². The third-order valence-electron chi connectivity index (χ3n) is 2.08. The number of benzene rings is 1. The minimum Gasteiger partial charge on any atom is -0.497 e. The van der Waals surface area contributed by atoms with Crippen molar-refractivity contribution in [2.45, 2.75) is 0 Å². The Morgan fingerprint density at radius 3 is 2.50 bits per heavy atom. The van der Waals surface area contributed by atoms with Gasteiger partial charge in [-0.15, -0.1) is 0 Å². The van der Waals surface area contributed by atoms with E-state index in [1.54, 1.807) is 37.5 Å². The summed E-state index contributed by atoms with van der Waals surface area (Å²) in [5, 5.41) is 8.43. The Kier molecular flexibility index (Phi) is 5.60. The molecule has 0 aromatic heterocycles. The van der Waals surface area contributed by atoms with Crippen molar-refractivity contribution in [2.75, 3.05) is 20.3 Å². The van der Waals surface area contributed by atoms with Gasteiger partial charge in [0.25, 0.3) is 0 Å². The second kappa shape index (κ2) is 7.24. The van der Waals surface area contributed by atoms with Gasteiger partial charge in [0.05, 0.1) is 7.11 Å². The standard InChI is InChI=1S/C13H14O5/c1-17-12-5-2-10(3-6-12)4-7-13(16)18-9-11(15)8-14/h2-7,14H,8-9H2,1H3. The second-order valence-corrected chi connectivity index (χ2v) is 3.41. The highest BCUT2D eigenvalue weighted by Crippen LogP contribution is 2.12. The Balaban J connectivity index is 2.47. The molecule has 0 saturated carbocycles. The lowest BCUT2D eigenvalue weighted by atomic mass is 10.2. The van der Waals surface area contributed by atoms with Gasteiger partial charge in [0.2, 0.25) is 0 Å². The van der Waals surface area contributed by atoms with Crippen LogP contribution in [0.1, 0.15) is 5.56 Å². The number of hydrogen-bond acceptors (Lipinski definition) is 5. The van der Waals surface area contributed by atoms with Crippen LogP contribution in [-0.4, -0.2) is 37.2 Å². The van der Waals surface area contributed by atoms with Crippen LogP contribution in [0.4, 0.5) is 0 Å². The smallest absolute Gasteiger partial charge is 0.331 e. The first-order valence-corrected chi connectivity index (χ1v) is 5.27. The van der Waals surface area contributed by atoms with E-state index in [4.69, 9.17) is 9.84 Å². The van der Waals surface area contributed by atoms with Crippen LogP contribution in [-0.2, 0) is 14.3 Å². The van der Waals surface area contributed by atoms with Gasteiger partial charge in [-0.2, -0.15) is 0 Å². The van der Waals surface area contributed by atoms with Crippen LogP contribution in [0.15, 0.2) is 30.3 Å². The van der Waals surface area contributed by atoms with E-state index in [0.717, 1.165) is 11.3 Å². The molecule has 0 aliphatic carbocycles. The van der Waals surface area contributed by atoms with Crippen LogP contribution in [0.5, 0.6) is 5.75 Å². The van der Waals surface area contributed by atoms with E-state index < -0.39 is 25.0 Å². The lowest BCUT2D eigenvalue weighted by Crippen LogP contribution is -2.15. The SMILES string of the molecule is COc1ccc(C=CC(=O)OCC(=O)CO)cc1. The summed E-state index contributed by atoms with van der Waals surface area (Å²) in [7, 11) is 1.57. The molecule has 0 fully saturated rings. The fourth-order valence-corrected chi connectivity index (χ4v) is 1.12. The quantitative estimate of drug-likeness (QED) is 0.597. The zero-order chi connectivity index (χ0) is 13.4. The van der Waals surface area contributed by atoms with Gasteiger partial charge in [0.15, 0.2) is 12.4 Å². The van der Waals surface area contributed by atoms with E-state index in [9.17, 15) is 9.59 Å². The summed E-state index contributed by atoms with van der Waals surface area (Å²) in [5.41, 5.74) is 0.807. The molecule has 0 atom stereocenters. The summed E-state index contributed by atoms with van der Waals surface area (Å²) in [6.07, 6.45) is 2.78. The Labute approximate surface area is 105 Å². The number of rotatable bonds is 6. The molecule has 0 saturated heterocycles. The number of ether oxygens (including phenoxy) is 2. The van der Waals surface area contributed by atoms with Crippen LogP contribution >= 0.6 is 0 Å². The summed E-state index contributed by atoms with van der Waals surface area (Å²) >= 11 is 0. The Morgan fingerprint density at radius 1 is 1.28 bits per heavy atom. The molecule has 0 heterocycles. The fraction of sp³-hybridized carbons (Fsp3) is 0.231. The van der Waals surface area contributed by atoms with Crippen molar-refractivity contribution >= 4 is 17.8 Å². The zero-order valence-corrected chi connectivity index (χ0v) is 9.96. The maximum absolute atomic E-state index is 11.2. The summed E-state index contributed by atoms with van der Waals surface area (Å²) < 4.78 is 9.60. The largest absolute Gasteiger partial charge is 0.497 e. The number of Topliss-reactive ketones (excluding diaryl/α,β-unsaturated/α-hetero) is 1. The summed E-state index contributed by atoms with van der Waals surface area (Å²) in [4.78, 5) is 21.9. The number of esters is 1. The van der Waals surface area contributed by atoms with Crippen molar-refractivity contribution in [3.8, 4) is 5.75 Å². The molecule has 0 amide bonds. The first-order chi connectivity index (χ1) is 8.65. The molecule has 1 rings (SSSR count). The van der Waals surface area contributed by atoms with E-state index in [-0.39, 0.29) is 0 Å². The van der Waals surface area contributed by atoms with Crippen molar-refractivity contribution in [3.63, 3.8) is 0 Å². The van der Waals surface area contributed by atoms with Gasteiger partial charge < -0.3 is 14.6 Å². The predicted molar refractivity (Wildman–Crippen MR) is 65.1 cm³/mol. The monoisotopic (exact) mass is 250 g/mol.